The first-order valence-electron chi connectivity index (χ1n) is 12.1. The molecule has 0 spiro atoms. The van der Waals surface area contributed by atoms with Gasteiger partial charge in [0.2, 0.25) is 15.9 Å². The number of carbonyl (C=O) groups is 2. The van der Waals surface area contributed by atoms with Crippen LogP contribution in [0.1, 0.15) is 11.3 Å². The summed E-state index contributed by atoms with van der Waals surface area (Å²) in [5.74, 6) is -0.192. The van der Waals surface area contributed by atoms with E-state index in [0.717, 1.165) is 28.6 Å². The number of nitrogens with zero attached hydrogens (tertiary/aromatic N) is 3. The van der Waals surface area contributed by atoms with Crippen molar-refractivity contribution in [2.75, 3.05) is 32.1 Å². The fourth-order valence-corrected chi connectivity index (χ4v) is 5.65. The third-order valence-corrected chi connectivity index (χ3v) is 8.14. The van der Waals surface area contributed by atoms with Crippen LogP contribution >= 0.6 is 0 Å². The van der Waals surface area contributed by atoms with Crippen molar-refractivity contribution in [1.82, 2.24) is 19.5 Å². The van der Waals surface area contributed by atoms with E-state index in [-0.39, 0.29) is 36.8 Å². The van der Waals surface area contributed by atoms with Crippen LogP contribution < -0.4 is 15.4 Å². The Morgan fingerprint density at radius 1 is 1.02 bits per heavy atom. The zero-order chi connectivity index (χ0) is 28.9. The Kier molecular flexibility index (Phi) is 8.59. The summed E-state index contributed by atoms with van der Waals surface area (Å²) in [5.41, 5.74) is -0.206. The van der Waals surface area contributed by atoms with Gasteiger partial charge in [-0.25, -0.2) is 13.2 Å². The summed E-state index contributed by atoms with van der Waals surface area (Å²) in [5, 5.41) is 5.18. The van der Waals surface area contributed by atoms with E-state index < -0.39 is 39.7 Å². The fourth-order valence-electron chi connectivity index (χ4n) is 4.08. The normalized spacial score (nSPS) is 16.3. The van der Waals surface area contributed by atoms with Crippen LogP contribution in [0.3, 0.4) is 0 Å². The highest BCUT2D eigenvalue weighted by Crippen LogP contribution is 2.30. The maximum Gasteiger partial charge on any atom is 0.416 e. The first-order chi connectivity index (χ1) is 19.0. The number of nitrogens with one attached hydrogen (secondary N) is 2. The number of aromatic nitrogens is 1. The van der Waals surface area contributed by atoms with Gasteiger partial charge in [0.15, 0.2) is 0 Å². The monoisotopic (exact) mass is 577 g/mol. The SMILES string of the molecule is COc1ccc(S(=O)(=O)N2CCN(C(=O)Nc3ccc(C(F)(F)F)cc3)CC2C(=O)NCc2ccccn2)cc1. The van der Waals surface area contributed by atoms with Gasteiger partial charge in [0.1, 0.15) is 11.8 Å². The van der Waals surface area contributed by atoms with Crippen LogP contribution in [0.4, 0.5) is 23.7 Å². The third-order valence-electron chi connectivity index (χ3n) is 6.22. The molecule has 1 aromatic heterocycles. The van der Waals surface area contributed by atoms with Crippen molar-refractivity contribution in [2.45, 2.75) is 23.7 Å². The number of benzene rings is 2. The minimum atomic E-state index is -4.52. The van der Waals surface area contributed by atoms with E-state index in [1.807, 2.05) is 0 Å². The summed E-state index contributed by atoms with van der Waals surface area (Å²) >= 11 is 0. The van der Waals surface area contributed by atoms with E-state index >= 15 is 0 Å². The fraction of sp³-hybridized carbons (Fsp3) is 0.269. The molecule has 1 atom stereocenters. The molecule has 1 aliphatic heterocycles. The second-order valence-corrected chi connectivity index (χ2v) is 10.7. The van der Waals surface area contributed by atoms with E-state index in [1.54, 1.807) is 24.4 Å². The molecule has 4 rings (SSSR count). The number of hydrogen-bond acceptors (Lipinski definition) is 6. The minimum Gasteiger partial charge on any atom is -0.497 e. The molecule has 0 aliphatic carbocycles. The molecule has 2 N–H and O–H groups in total. The molecule has 1 aliphatic rings. The van der Waals surface area contributed by atoms with Gasteiger partial charge in [0, 0.05) is 31.5 Å². The van der Waals surface area contributed by atoms with E-state index in [0.29, 0.717) is 11.4 Å². The molecule has 0 saturated carbocycles. The Morgan fingerprint density at radius 2 is 1.73 bits per heavy atom. The Bertz CT molecular complexity index is 1440. The zero-order valence-electron chi connectivity index (χ0n) is 21.3. The summed E-state index contributed by atoms with van der Waals surface area (Å²) in [6.45, 7) is -0.525. The Labute approximate surface area is 228 Å². The second kappa shape index (κ2) is 11.9. The highest BCUT2D eigenvalue weighted by atomic mass is 32.2. The van der Waals surface area contributed by atoms with E-state index in [9.17, 15) is 31.2 Å². The largest absolute Gasteiger partial charge is 0.497 e. The average Bonchev–Trinajstić information content (AvgIpc) is 2.96. The maximum atomic E-state index is 13.5. The van der Waals surface area contributed by atoms with Crippen LogP contribution in [0.5, 0.6) is 5.75 Å². The molecule has 1 saturated heterocycles. The Balaban J connectivity index is 1.54. The number of urea groups is 1. The highest BCUT2D eigenvalue weighted by Gasteiger charge is 2.41. The van der Waals surface area contributed by atoms with Crippen LogP contribution in [-0.2, 0) is 27.5 Å². The van der Waals surface area contributed by atoms with E-state index in [2.05, 4.69) is 15.6 Å². The number of pyridine rings is 1. The topological polar surface area (TPSA) is 121 Å². The van der Waals surface area contributed by atoms with Gasteiger partial charge in [-0.1, -0.05) is 6.07 Å². The maximum absolute atomic E-state index is 13.5. The van der Waals surface area contributed by atoms with Crippen molar-refractivity contribution >= 4 is 27.6 Å². The summed E-state index contributed by atoms with van der Waals surface area (Å²) in [7, 11) is -2.71. The van der Waals surface area contributed by atoms with Gasteiger partial charge in [0.05, 0.1) is 29.8 Å². The molecule has 2 aromatic carbocycles. The van der Waals surface area contributed by atoms with Gasteiger partial charge in [-0.3, -0.25) is 9.78 Å². The first-order valence-corrected chi connectivity index (χ1v) is 13.5. The van der Waals surface area contributed by atoms with Crippen LogP contribution in [0, 0.1) is 0 Å². The van der Waals surface area contributed by atoms with Crippen LogP contribution in [0.15, 0.2) is 77.8 Å². The molecular formula is C26H26F3N5O5S. The van der Waals surface area contributed by atoms with Gasteiger partial charge < -0.3 is 20.3 Å². The Morgan fingerprint density at radius 3 is 2.33 bits per heavy atom. The zero-order valence-corrected chi connectivity index (χ0v) is 22.1. The summed E-state index contributed by atoms with van der Waals surface area (Å²) < 4.78 is 71.8. The number of anilines is 1. The molecule has 2 heterocycles. The predicted octanol–water partition coefficient (Wildman–Crippen LogP) is 3.33. The molecule has 10 nitrogen and oxygen atoms in total. The summed E-state index contributed by atoms with van der Waals surface area (Å²) in [4.78, 5) is 31.6. The minimum absolute atomic E-state index is 0.0321. The molecule has 0 radical (unpaired) electrons. The number of ether oxygens (including phenoxy) is 1. The van der Waals surface area contributed by atoms with Gasteiger partial charge in [-0.05, 0) is 60.7 Å². The number of rotatable bonds is 7. The standard InChI is InChI=1S/C26H26F3N5O5S/c1-39-21-9-11-22(12-10-21)40(37,38)34-15-14-33(17-23(34)24(35)31-16-20-4-2-3-13-30-20)25(36)32-19-7-5-18(6-8-19)26(27,28)29/h2-13,23H,14-17H2,1H3,(H,31,35)(H,32,36). The van der Waals surface area contributed by atoms with Crippen molar-refractivity contribution in [3.63, 3.8) is 0 Å². The predicted molar refractivity (Wildman–Crippen MR) is 139 cm³/mol. The lowest BCUT2D eigenvalue weighted by atomic mass is 10.2. The van der Waals surface area contributed by atoms with Crippen molar-refractivity contribution in [2.24, 2.45) is 0 Å². The van der Waals surface area contributed by atoms with Gasteiger partial charge in [-0.2, -0.15) is 17.5 Å². The summed E-state index contributed by atoms with van der Waals surface area (Å²) in [6.07, 6.45) is -2.97. The van der Waals surface area contributed by atoms with Gasteiger partial charge in [0.25, 0.3) is 0 Å². The first kappa shape index (κ1) is 28.8. The molecule has 1 unspecified atom stereocenters. The van der Waals surface area contributed by atoms with Crippen molar-refractivity contribution in [3.8, 4) is 5.75 Å². The second-order valence-electron chi connectivity index (χ2n) is 8.80. The molecule has 40 heavy (non-hydrogen) atoms. The number of sulfonamides is 1. The number of hydrogen-bond donors (Lipinski definition) is 2. The van der Waals surface area contributed by atoms with Gasteiger partial charge >= 0.3 is 12.2 Å². The van der Waals surface area contributed by atoms with Crippen LogP contribution in [-0.4, -0.2) is 67.3 Å². The molecule has 1 fully saturated rings. The lowest BCUT2D eigenvalue weighted by Crippen LogP contribution is -2.61. The highest BCUT2D eigenvalue weighted by molar-refractivity contribution is 7.89. The number of halogens is 3. The quantitative estimate of drug-likeness (QED) is 0.445. The van der Waals surface area contributed by atoms with Crippen LogP contribution in [0.25, 0.3) is 0 Å². The van der Waals surface area contributed by atoms with Gasteiger partial charge in [-0.15, -0.1) is 0 Å². The molecule has 14 heteroatoms. The Hall–Kier alpha value is -4.17. The van der Waals surface area contributed by atoms with Crippen LogP contribution in [0.2, 0.25) is 0 Å². The third kappa shape index (κ3) is 6.69. The number of piperazine rings is 1. The van der Waals surface area contributed by atoms with E-state index in [1.165, 1.54) is 36.3 Å². The number of methoxy groups -OCH3 is 1. The summed E-state index contributed by atoms with van der Waals surface area (Å²) in [6, 6.07) is 12.7. The smallest absolute Gasteiger partial charge is 0.416 e. The average molecular weight is 578 g/mol. The number of amides is 3. The van der Waals surface area contributed by atoms with E-state index in [4.69, 9.17) is 4.74 Å². The molecule has 3 aromatic rings. The number of alkyl halides is 3. The molecule has 0 bridgehead atoms. The van der Waals surface area contributed by atoms with Crippen molar-refractivity contribution in [1.29, 1.82) is 0 Å². The molecular weight excluding hydrogens is 551 g/mol. The lowest BCUT2D eigenvalue weighted by Gasteiger charge is -2.39. The van der Waals surface area contributed by atoms with Crippen molar-refractivity contribution in [3.05, 3.63) is 84.2 Å². The lowest BCUT2D eigenvalue weighted by molar-refractivity contribution is -0.137. The molecule has 3 amide bonds. The molecule has 212 valence electrons. The van der Waals surface area contributed by atoms with Crippen molar-refractivity contribution < 1.29 is 35.9 Å². The number of carbonyl (C=O) groups excluding carboxylic acids is 2.